The number of benzene rings is 1. The summed E-state index contributed by atoms with van der Waals surface area (Å²) in [5.74, 6) is 0.552. The van der Waals surface area contributed by atoms with Crippen molar-refractivity contribution in [3.63, 3.8) is 0 Å². The van der Waals surface area contributed by atoms with Crippen molar-refractivity contribution in [2.45, 2.75) is 26.8 Å². The molecular weight excluding hydrogens is 222 g/mol. The van der Waals surface area contributed by atoms with Crippen molar-refractivity contribution in [2.75, 3.05) is 7.05 Å². The van der Waals surface area contributed by atoms with Crippen LogP contribution >= 0.6 is 11.6 Å². The number of halogens is 1. The predicted octanol–water partition coefficient (Wildman–Crippen LogP) is 3.34. The molecule has 1 amide bonds. The molecule has 1 aromatic rings. The highest BCUT2D eigenvalue weighted by Gasteiger charge is 2.11. The highest BCUT2D eigenvalue weighted by Crippen LogP contribution is 2.17. The molecule has 0 spiro atoms. The number of hydrogen-bond acceptors (Lipinski definition) is 1. The zero-order valence-corrected chi connectivity index (χ0v) is 10.8. The Labute approximate surface area is 102 Å². The average Bonchev–Trinajstić information content (AvgIpc) is 2.20. The minimum atomic E-state index is 0.162. The summed E-state index contributed by atoms with van der Waals surface area (Å²) in [6.45, 7) is 4.66. The lowest BCUT2D eigenvalue weighted by Gasteiger charge is -2.19. The van der Waals surface area contributed by atoms with Crippen LogP contribution in [0.15, 0.2) is 24.3 Å². The summed E-state index contributed by atoms with van der Waals surface area (Å²) in [7, 11) is 1.81. The Kier molecular flexibility index (Phi) is 4.81. The van der Waals surface area contributed by atoms with Gasteiger partial charge >= 0.3 is 0 Å². The van der Waals surface area contributed by atoms with E-state index in [0.29, 0.717) is 23.9 Å². The molecule has 0 radical (unpaired) electrons. The van der Waals surface area contributed by atoms with E-state index in [4.69, 9.17) is 11.6 Å². The van der Waals surface area contributed by atoms with Gasteiger partial charge in [-0.25, -0.2) is 0 Å². The summed E-state index contributed by atoms with van der Waals surface area (Å²) in [6, 6.07) is 7.61. The van der Waals surface area contributed by atoms with Crippen molar-refractivity contribution in [3.05, 3.63) is 34.9 Å². The lowest BCUT2D eigenvalue weighted by Crippen LogP contribution is -2.27. The van der Waals surface area contributed by atoms with Crippen LogP contribution < -0.4 is 0 Å². The fraction of sp³-hybridized carbons (Fsp3) is 0.462. The van der Waals surface area contributed by atoms with Gasteiger partial charge in [-0.15, -0.1) is 0 Å². The zero-order valence-electron chi connectivity index (χ0n) is 10.0. The predicted molar refractivity (Wildman–Crippen MR) is 67.4 cm³/mol. The van der Waals surface area contributed by atoms with Gasteiger partial charge in [0, 0.05) is 25.0 Å². The minimum Gasteiger partial charge on any atom is -0.341 e. The molecule has 0 fully saturated rings. The van der Waals surface area contributed by atoms with E-state index in [1.54, 1.807) is 4.90 Å². The first kappa shape index (κ1) is 13.0. The molecule has 0 aliphatic carbocycles. The number of amides is 1. The van der Waals surface area contributed by atoms with Gasteiger partial charge in [0.2, 0.25) is 5.91 Å². The zero-order chi connectivity index (χ0) is 12.1. The van der Waals surface area contributed by atoms with E-state index >= 15 is 0 Å². The highest BCUT2D eigenvalue weighted by atomic mass is 35.5. The van der Waals surface area contributed by atoms with Crippen LogP contribution in [0.25, 0.3) is 0 Å². The Balaban J connectivity index is 2.61. The Morgan fingerprint density at radius 2 is 2.00 bits per heavy atom. The van der Waals surface area contributed by atoms with Crippen LogP contribution in [-0.4, -0.2) is 17.9 Å². The Bertz CT molecular complexity index is 363. The largest absolute Gasteiger partial charge is 0.341 e. The van der Waals surface area contributed by atoms with Crippen molar-refractivity contribution < 1.29 is 4.79 Å². The number of hydrogen-bond donors (Lipinski definition) is 0. The van der Waals surface area contributed by atoms with Crippen LogP contribution in [0.2, 0.25) is 5.02 Å². The molecule has 0 heterocycles. The second-order valence-corrected chi connectivity index (χ2v) is 4.85. The van der Waals surface area contributed by atoms with Crippen molar-refractivity contribution in [1.82, 2.24) is 4.90 Å². The van der Waals surface area contributed by atoms with Gasteiger partial charge in [0.1, 0.15) is 0 Å². The third-order valence-corrected chi connectivity index (χ3v) is 2.74. The van der Waals surface area contributed by atoms with E-state index in [2.05, 4.69) is 0 Å². The van der Waals surface area contributed by atoms with Gasteiger partial charge in [0.15, 0.2) is 0 Å². The molecule has 0 saturated carbocycles. The molecule has 0 aromatic heterocycles. The summed E-state index contributed by atoms with van der Waals surface area (Å²) in [6.07, 6.45) is 0.584. The molecule has 0 bridgehead atoms. The first-order chi connectivity index (χ1) is 7.50. The molecule has 2 nitrogen and oxygen atoms in total. The number of nitrogens with zero attached hydrogens (tertiary/aromatic N) is 1. The molecule has 0 atom stereocenters. The third kappa shape index (κ3) is 3.86. The summed E-state index contributed by atoms with van der Waals surface area (Å²) < 4.78 is 0. The molecule has 1 aromatic carbocycles. The normalized spacial score (nSPS) is 10.6. The van der Waals surface area contributed by atoms with Gasteiger partial charge in [0.05, 0.1) is 0 Å². The fourth-order valence-corrected chi connectivity index (χ4v) is 1.67. The maximum atomic E-state index is 11.8. The maximum absolute atomic E-state index is 11.8. The monoisotopic (exact) mass is 239 g/mol. The first-order valence-electron chi connectivity index (χ1n) is 5.48. The second kappa shape index (κ2) is 5.90. The van der Waals surface area contributed by atoms with Crippen LogP contribution in [0.3, 0.4) is 0 Å². The second-order valence-electron chi connectivity index (χ2n) is 4.44. The Morgan fingerprint density at radius 3 is 2.56 bits per heavy atom. The summed E-state index contributed by atoms with van der Waals surface area (Å²) in [5.41, 5.74) is 0.990. The third-order valence-electron chi connectivity index (χ3n) is 2.37. The van der Waals surface area contributed by atoms with Crippen LogP contribution in [0, 0.1) is 5.92 Å². The van der Waals surface area contributed by atoms with Gasteiger partial charge < -0.3 is 4.90 Å². The molecular formula is C13H18ClNO. The van der Waals surface area contributed by atoms with Crippen LogP contribution in [-0.2, 0) is 11.3 Å². The molecule has 3 heteroatoms. The van der Waals surface area contributed by atoms with Crippen LogP contribution in [0.4, 0.5) is 0 Å². The van der Waals surface area contributed by atoms with Crippen molar-refractivity contribution >= 4 is 17.5 Å². The van der Waals surface area contributed by atoms with E-state index in [0.717, 1.165) is 5.56 Å². The summed E-state index contributed by atoms with van der Waals surface area (Å²) >= 11 is 6.04. The molecule has 0 unspecified atom stereocenters. The number of carbonyl (C=O) groups is 1. The minimum absolute atomic E-state index is 0.162. The first-order valence-corrected chi connectivity index (χ1v) is 5.86. The average molecular weight is 240 g/mol. The van der Waals surface area contributed by atoms with Crippen LogP contribution in [0.5, 0.6) is 0 Å². The SMILES string of the molecule is CC(C)CC(=O)N(C)Cc1ccccc1Cl. The molecule has 0 N–H and O–H groups in total. The standard InChI is InChI=1S/C13H18ClNO/c1-10(2)8-13(16)15(3)9-11-6-4-5-7-12(11)14/h4-7,10H,8-9H2,1-3H3. The van der Waals surface area contributed by atoms with Crippen LogP contribution in [0.1, 0.15) is 25.8 Å². The van der Waals surface area contributed by atoms with Gasteiger partial charge in [-0.1, -0.05) is 43.6 Å². The number of carbonyl (C=O) groups excluding carboxylic acids is 1. The lowest BCUT2D eigenvalue weighted by molar-refractivity contribution is -0.131. The van der Waals surface area contributed by atoms with Crippen molar-refractivity contribution in [3.8, 4) is 0 Å². The molecule has 1 rings (SSSR count). The maximum Gasteiger partial charge on any atom is 0.222 e. The van der Waals surface area contributed by atoms with E-state index in [1.165, 1.54) is 0 Å². The number of rotatable bonds is 4. The molecule has 88 valence electrons. The summed E-state index contributed by atoms with van der Waals surface area (Å²) in [4.78, 5) is 13.5. The Hall–Kier alpha value is -1.02. The van der Waals surface area contributed by atoms with Crippen molar-refractivity contribution in [2.24, 2.45) is 5.92 Å². The summed E-state index contributed by atoms with van der Waals surface area (Å²) in [5, 5.41) is 0.715. The highest BCUT2D eigenvalue weighted by molar-refractivity contribution is 6.31. The van der Waals surface area contributed by atoms with Gasteiger partial charge in [-0.2, -0.15) is 0 Å². The quantitative estimate of drug-likeness (QED) is 0.789. The topological polar surface area (TPSA) is 20.3 Å². The van der Waals surface area contributed by atoms with E-state index in [1.807, 2.05) is 45.2 Å². The van der Waals surface area contributed by atoms with Crippen molar-refractivity contribution in [1.29, 1.82) is 0 Å². The smallest absolute Gasteiger partial charge is 0.222 e. The lowest BCUT2D eigenvalue weighted by atomic mass is 10.1. The van der Waals surface area contributed by atoms with Gasteiger partial charge in [-0.05, 0) is 17.5 Å². The Morgan fingerprint density at radius 1 is 1.38 bits per heavy atom. The molecule has 16 heavy (non-hydrogen) atoms. The molecule has 0 aliphatic rings. The van der Waals surface area contributed by atoms with Gasteiger partial charge in [0.25, 0.3) is 0 Å². The fourth-order valence-electron chi connectivity index (χ4n) is 1.48. The molecule has 0 saturated heterocycles. The van der Waals surface area contributed by atoms with E-state index in [9.17, 15) is 4.79 Å². The van der Waals surface area contributed by atoms with Gasteiger partial charge in [-0.3, -0.25) is 4.79 Å². The van der Waals surface area contributed by atoms with E-state index in [-0.39, 0.29) is 5.91 Å². The molecule has 0 aliphatic heterocycles. The van der Waals surface area contributed by atoms with E-state index < -0.39 is 0 Å².